The molecule has 0 amide bonds. The Kier molecular flexibility index (Phi) is 2.92. The summed E-state index contributed by atoms with van der Waals surface area (Å²) < 4.78 is 1.59. The van der Waals surface area contributed by atoms with Gasteiger partial charge >= 0.3 is 5.69 Å². The first-order valence-corrected chi connectivity index (χ1v) is 6.06. The number of nitrogens with zero attached hydrogens (tertiary/aromatic N) is 2. The smallest absolute Gasteiger partial charge is 0.259 e. The number of rotatable bonds is 2. The molecule has 0 aliphatic rings. The Bertz CT molecular complexity index is 554. The van der Waals surface area contributed by atoms with E-state index in [1.165, 1.54) is 4.88 Å². The molecule has 0 radical (unpaired) electrons. The third-order valence-electron chi connectivity index (χ3n) is 2.38. The van der Waals surface area contributed by atoms with E-state index in [4.69, 9.17) is 0 Å². The number of hydrogen-bond acceptors (Lipinski definition) is 3. The molecule has 0 atom stereocenters. The lowest BCUT2D eigenvalue weighted by Crippen LogP contribution is -2.21. The van der Waals surface area contributed by atoms with Crippen molar-refractivity contribution < 1.29 is 0 Å². The zero-order valence-corrected chi connectivity index (χ0v) is 10.4. The van der Waals surface area contributed by atoms with E-state index in [-0.39, 0.29) is 11.6 Å². The summed E-state index contributed by atoms with van der Waals surface area (Å²) in [5.41, 5.74) is 0.641. The van der Waals surface area contributed by atoms with Gasteiger partial charge in [-0.2, -0.15) is 4.98 Å². The van der Waals surface area contributed by atoms with E-state index in [1.807, 2.05) is 39.0 Å². The van der Waals surface area contributed by atoms with Crippen LogP contribution >= 0.6 is 11.3 Å². The molecule has 4 heteroatoms. The molecule has 2 rings (SSSR count). The number of hydrogen-bond donors (Lipinski definition) is 0. The van der Waals surface area contributed by atoms with Crippen molar-refractivity contribution in [1.82, 2.24) is 9.55 Å². The van der Waals surface area contributed by atoms with Crippen LogP contribution in [-0.2, 0) is 0 Å². The van der Waals surface area contributed by atoms with Gasteiger partial charge in [-0.15, -0.1) is 11.3 Å². The van der Waals surface area contributed by atoms with Gasteiger partial charge in [0.15, 0.2) is 0 Å². The quantitative estimate of drug-likeness (QED) is 0.800. The van der Waals surface area contributed by atoms with Crippen LogP contribution in [0.5, 0.6) is 0 Å². The van der Waals surface area contributed by atoms with Crippen LogP contribution in [0.2, 0.25) is 0 Å². The van der Waals surface area contributed by atoms with Gasteiger partial charge in [0.05, 0.1) is 5.69 Å². The second-order valence-electron chi connectivity index (χ2n) is 4.04. The maximum Gasteiger partial charge on any atom is 0.353 e. The average Bonchev–Trinajstić information content (AvgIpc) is 2.64. The van der Waals surface area contributed by atoms with Gasteiger partial charge < -0.3 is 0 Å². The molecule has 0 aliphatic heterocycles. The maximum absolute atomic E-state index is 11.8. The van der Waals surface area contributed by atoms with Crippen LogP contribution in [0.4, 0.5) is 0 Å². The first-order valence-electron chi connectivity index (χ1n) is 5.24. The van der Waals surface area contributed by atoms with Crippen LogP contribution in [-0.4, -0.2) is 9.55 Å². The van der Waals surface area contributed by atoms with Crippen molar-refractivity contribution >= 4 is 11.3 Å². The molecule has 0 aliphatic carbocycles. The fourth-order valence-corrected chi connectivity index (χ4v) is 2.30. The van der Waals surface area contributed by atoms with Gasteiger partial charge in [-0.05, 0) is 31.0 Å². The van der Waals surface area contributed by atoms with Crippen molar-refractivity contribution in [3.8, 4) is 5.00 Å². The standard InChI is InChI=1S/C12H14N2OS/c1-8(2)10-6-7-14(12(15)13-10)11-5-4-9(3)16-11/h4-8H,1-3H3. The third-order valence-corrected chi connectivity index (χ3v) is 3.38. The molecule has 16 heavy (non-hydrogen) atoms. The molecule has 84 valence electrons. The first-order chi connectivity index (χ1) is 7.58. The second kappa shape index (κ2) is 4.22. The zero-order chi connectivity index (χ0) is 11.7. The highest BCUT2D eigenvalue weighted by Crippen LogP contribution is 2.18. The monoisotopic (exact) mass is 234 g/mol. The molecule has 3 nitrogen and oxygen atoms in total. The zero-order valence-electron chi connectivity index (χ0n) is 9.60. The van der Waals surface area contributed by atoms with Gasteiger partial charge in [0, 0.05) is 11.1 Å². The topological polar surface area (TPSA) is 34.9 Å². The Balaban J connectivity index is 2.48. The van der Waals surface area contributed by atoms with Gasteiger partial charge in [0.2, 0.25) is 0 Å². The molecule has 0 saturated heterocycles. The summed E-state index contributed by atoms with van der Waals surface area (Å²) in [6.07, 6.45) is 1.80. The summed E-state index contributed by atoms with van der Waals surface area (Å²) in [7, 11) is 0. The molecule has 0 N–H and O–H groups in total. The summed E-state index contributed by atoms with van der Waals surface area (Å²) in [5, 5.41) is 0.922. The van der Waals surface area contributed by atoms with Crippen molar-refractivity contribution in [2.75, 3.05) is 0 Å². The lowest BCUT2D eigenvalue weighted by atomic mass is 10.1. The Morgan fingerprint density at radius 1 is 1.31 bits per heavy atom. The molecule has 2 aromatic heterocycles. The van der Waals surface area contributed by atoms with Gasteiger partial charge in [-0.25, -0.2) is 4.79 Å². The van der Waals surface area contributed by atoms with Crippen LogP contribution in [0.3, 0.4) is 0 Å². The van der Waals surface area contributed by atoms with Crippen molar-refractivity contribution in [1.29, 1.82) is 0 Å². The van der Waals surface area contributed by atoms with Gasteiger partial charge in [0.1, 0.15) is 5.00 Å². The summed E-state index contributed by atoms with van der Waals surface area (Å²) in [6, 6.07) is 5.85. The molecule has 0 fully saturated rings. The molecular weight excluding hydrogens is 220 g/mol. The van der Waals surface area contributed by atoms with E-state index in [9.17, 15) is 4.79 Å². The largest absolute Gasteiger partial charge is 0.353 e. The van der Waals surface area contributed by atoms with Crippen molar-refractivity contribution in [2.24, 2.45) is 0 Å². The molecule has 2 aromatic rings. The summed E-state index contributed by atoms with van der Waals surface area (Å²) in [6.45, 7) is 6.08. The lowest BCUT2D eigenvalue weighted by molar-refractivity contribution is 0.781. The average molecular weight is 234 g/mol. The summed E-state index contributed by atoms with van der Waals surface area (Å²) >= 11 is 1.59. The number of aromatic nitrogens is 2. The minimum atomic E-state index is -0.201. The molecule has 0 saturated carbocycles. The van der Waals surface area contributed by atoms with E-state index in [2.05, 4.69) is 4.98 Å². The van der Waals surface area contributed by atoms with Crippen molar-refractivity contribution in [3.05, 3.63) is 45.5 Å². The highest BCUT2D eigenvalue weighted by atomic mass is 32.1. The molecule has 0 bridgehead atoms. The van der Waals surface area contributed by atoms with E-state index in [0.717, 1.165) is 10.7 Å². The Labute approximate surface area is 98.4 Å². The Hall–Kier alpha value is -1.42. The van der Waals surface area contributed by atoms with Crippen LogP contribution in [0.15, 0.2) is 29.2 Å². The molecule has 2 heterocycles. The predicted molar refractivity (Wildman–Crippen MR) is 66.5 cm³/mol. The predicted octanol–water partition coefficient (Wildman–Crippen LogP) is 2.73. The van der Waals surface area contributed by atoms with Gasteiger partial charge in [-0.1, -0.05) is 13.8 Å². The minimum absolute atomic E-state index is 0.201. The Morgan fingerprint density at radius 3 is 2.56 bits per heavy atom. The normalized spacial score (nSPS) is 11.0. The van der Waals surface area contributed by atoms with E-state index in [0.29, 0.717) is 0 Å². The maximum atomic E-state index is 11.8. The molecule has 0 spiro atoms. The highest BCUT2D eigenvalue weighted by molar-refractivity contribution is 7.14. The molecule has 0 aromatic carbocycles. The SMILES string of the molecule is Cc1ccc(-n2ccc(C(C)C)nc2=O)s1. The number of thiophene rings is 1. The summed E-state index contributed by atoms with van der Waals surface area (Å²) in [5.74, 6) is 0.285. The molecular formula is C12H14N2OS. The van der Waals surface area contributed by atoms with Crippen LogP contribution in [0.1, 0.15) is 30.3 Å². The highest BCUT2D eigenvalue weighted by Gasteiger charge is 2.06. The van der Waals surface area contributed by atoms with Crippen LogP contribution in [0, 0.1) is 6.92 Å². The molecule has 0 unspecified atom stereocenters. The Morgan fingerprint density at radius 2 is 2.06 bits per heavy atom. The second-order valence-corrected chi connectivity index (χ2v) is 5.31. The van der Waals surface area contributed by atoms with Gasteiger partial charge in [0.25, 0.3) is 0 Å². The van der Waals surface area contributed by atoms with Crippen molar-refractivity contribution in [2.45, 2.75) is 26.7 Å². The van der Waals surface area contributed by atoms with E-state index >= 15 is 0 Å². The minimum Gasteiger partial charge on any atom is -0.259 e. The van der Waals surface area contributed by atoms with Crippen LogP contribution < -0.4 is 5.69 Å². The number of aryl methyl sites for hydroxylation is 1. The van der Waals surface area contributed by atoms with Crippen LogP contribution in [0.25, 0.3) is 5.00 Å². The first kappa shape index (κ1) is 11.1. The fourth-order valence-electron chi connectivity index (χ4n) is 1.46. The lowest BCUT2D eigenvalue weighted by Gasteiger charge is -2.05. The summed E-state index contributed by atoms with van der Waals surface area (Å²) in [4.78, 5) is 17.1. The van der Waals surface area contributed by atoms with E-state index in [1.54, 1.807) is 22.1 Å². The van der Waals surface area contributed by atoms with E-state index < -0.39 is 0 Å². The van der Waals surface area contributed by atoms with Crippen molar-refractivity contribution in [3.63, 3.8) is 0 Å². The van der Waals surface area contributed by atoms with Gasteiger partial charge in [-0.3, -0.25) is 4.57 Å². The fraction of sp³-hybridized carbons (Fsp3) is 0.333. The third kappa shape index (κ3) is 2.07.